The molecule has 1 aromatic heterocycles. The predicted molar refractivity (Wildman–Crippen MR) is 67.1 cm³/mol. The Morgan fingerprint density at radius 3 is 3.00 bits per heavy atom. The molecule has 5 heteroatoms. The van der Waals surface area contributed by atoms with E-state index in [1.54, 1.807) is 19.2 Å². The summed E-state index contributed by atoms with van der Waals surface area (Å²) in [6.45, 7) is 2.27. The Bertz CT molecular complexity index is 565. The molecule has 0 saturated heterocycles. The standard InChI is InChI=1S/C13H15FN2O2/c1-8(7-18-2)15-13(17)12-6-9-10(14)4-3-5-11(9)16-12/h3-6,8,16H,7H2,1-2H3,(H,15,17). The van der Waals surface area contributed by atoms with Crippen LogP contribution in [0.25, 0.3) is 10.9 Å². The number of carbonyl (C=O) groups is 1. The van der Waals surface area contributed by atoms with Gasteiger partial charge in [0, 0.05) is 24.1 Å². The van der Waals surface area contributed by atoms with Crippen LogP contribution in [0, 0.1) is 5.82 Å². The SMILES string of the molecule is COCC(C)NC(=O)c1cc2c(F)cccc2[nH]1. The fourth-order valence-electron chi connectivity index (χ4n) is 1.83. The average molecular weight is 250 g/mol. The number of nitrogens with one attached hydrogen (secondary N) is 2. The smallest absolute Gasteiger partial charge is 0.268 e. The van der Waals surface area contributed by atoms with E-state index in [-0.39, 0.29) is 17.8 Å². The van der Waals surface area contributed by atoms with Crippen molar-refractivity contribution in [3.63, 3.8) is 0 Å². The van der Waals surface area contributed by atoms with Crippen molar-refractivity contribution < 1.29 is 13.9 Å². The van der Waals surface area contributed by atoms with E-state index in [0.29, 0.717) is 23.2 Å². The minimum Gasteiger partial charge on any atom is -0.383 e. The van der Waals surface area contributed by atoms with E-state index in [0.717, 1.165) is 0 Å². The van der Waals surface area contributed by atoms with Crippen molar-refractivity contribution in [1.29, 1.82) is 0 Å². The molecule has 0 fully saturated rings. The van der Waals surface area contributed by atoms with Gasteiger partial charge in [0.05, 0.1) is 6.61 Å². The molecule has 1 aromatic carbocycles. The number of amides is 1. The summed E-state index contributed by atoms with van der Waals surface area (Å²) in [6.07, 6.45) is 0. The van der Waals surface area contributed by atoms with Crippen LogP contribution in [0.5, 0.6) is 0 Å². The molecule has 2 aromatic rings. The molecule has 96 valence electrons. The maximum absolute atomic E-state index is 13.5. The lowest BCUT2D eigenvalue weighted by Gasteiger charge is -2.11. The number of H-pyrrole nitrogens is 1. The summed E-state index contributed by atoms with van der Waals surface area (Å²) >= 11 is 0. The highest BCUT2D eigenvalue weighted by Crippen LogP contribution is 2.18. The van der Waals surface area contributed by atoms with Gasteiger partial charge in [0.25, 0.3) is 5.91 Å². The summed E-state index contributed by atoms with van der Waals surface area (Å²) in [7, 11) is 1.57. The number of carbonyl (C=O) groups excluding carboxylic acids is 1. The second-order valence-electron chi connectivity index (χ2n) is 4.21. The average Bonchev–Trinajstić information content (AvgIpc) is 2.74. The normalized spacial score (nSPS) is 12.6. The van der Waals surface area contributed by atoms with Gasteiger partial charge in [-0.3, -0.25) is 4.79 Å². The minimum atomic E-state index is -0.340. The zero-order valence-corrected chi connectivity index (χ0v) is 10.3. The van der Waals surface area contributed by atoms with E-state index in [4.69, 9.17) is 4.74 Å². The van der Waals surface area contributed by atoms with Gasteiger partial charge in [0.2, 0.25) is 0 Å². The van der Waals surface area contributed by atoms with Gasteiger partial charge < -0.3 is 15.0 Å². The number of hydrogen-bond donors (Lipinski definition) is 2. The van der Waals surface area contributed by atoms with Crippen LogP contribution in [0.15, 0.2) is 24.3 Å². The molecule has 18 heavy (non-hydrogen) atoms. The predicted octanol–water partition coefficient (Wildman–Crippen LogP) is 2.07. The van der Waals surface area contributed by atoms with Crippen LogP contribution in [0.1, 0.15) is 17.4 Å². The van der Waals surface area contributed by atoms with E-state index in [9.17, 15) is 9.18 Å². The van der Waals surface area contributed by atoms with Crippen LogP contribution < -0.4 is 5.32 Å². The largest absolute Gasteiger partial charge is 0.383 e. The number of halogens is 1. The zero-order valence-electron chi connectivity index (χ0n) is 10.3. The van der Waals surface area contributed by atoms with Crippen molar-refractivity contribution in [2.45, 2.75) is 13.0 Å². The van der Waals surface area contributed by atoms with Gasteiger partial charge in [-0.25, -0.2) is 4.39 Å². The van der Waals surface area contributed by atoms with Crippen LogP contribution in [0.3, 0.4) is 0 Å². The highest BCUT2D eigenvalue weighted by molar-refractivity contribution is 5.98. The molecular formula is C13H15FN2O2. The molecule has 0 bridgehead atoms. The Morgan fingerprint density at radius 2 is 2.33 bits per heavy atom. The number of methoxy groups -OCH3 is 1. The second-order valence-corrected chi connectivity index (χ2v) is 4.21. The maximum Gasteiger partial charge on any atom is 0.268 e. The van der Waals surface area contributed by atoms with Gasteiger partial charge >= 0.3 is 0 Å². The Hall–Kier alpha value is -1.88. The molecule has 4 nitrogen and oxygen atoms in total. The Labute approximate surface area is 104 Å². The molecule has 2 N–H and O–H groups in total. The van der Waals surface area contributed by atoms with E-state index in [1.807, 2.05) is 6.92 Å². The van der Waals surface area contributed by atoms with Gasteiger partial charge in [-0.1, -0.05) is 6.07 Å². The summed E-state index contributed by atoms with van der Waals surface area (Å²) in [5.74, 6) is -0.608. The Balaban J connectivity index is 2.21. The molecule has 0 saturated carbocycles. The summed E-state index contributed by atoms with van der Waals surface area (Å²) in [5.41, 5.74) is 0.956. The minimum absolute atomic E-state index is 0.0984. The topological polar surface area (TPSA) is 54.1 Å². The summed E-state index contributed by atoms with van der Waals surface area (Å²) in [6, 6.07) is 6.11. The molecule has 1 atom stereocenters. The van der Waals surface area contributed by atoms with Gasteiger partial charge in [-0.15, -0.1) is 0 Å². The first-order valence-electron chi connectivity index (χ1n) is 5.69. The molecule has 2 rings (SSSR count). The first kappa shape index (κ1) is 12.6. The van der Waals surface area contributed by atoms with Crippen LogP contribution in [0.4, 0.5) is 4.39 Å². The number of aromatic amines is 1. The van der Waals surface area contributed by atoms with Gasteiger partial charge in [0.1, 0.15) is 11.5 Å². The number of benzene rings is 1. The van der Waals surface area contributed by atoms with E-state index >= 15 is 0 Å². The lowest BCUT2D eigenvalue weighted by Crippen LogP contribution is -2.35. The molecule has 0 spiro atoms. The van der Waals surface area contributed by atoms with Crippen molar-refractivity contribution in [2.24, 2.45) is 0 Å². The van der Waals surface area contributed by atoms with Crippen molar-refractivity contribution in [3.8, 4) is 0 Å². The van der Waals surface area contributed by atoms with Crippen molar-refractivity contribution in [2.75, 3.05) is 13.7 Å². The maximum atomic E-state index is 13.5. The quantitative estimate of drug-likeness (QED) is 0.872. The van der Waals surface area contributed by atoms with Crippen molar-refractivity contribution >= 4 is 16.8 Å². The van der Waals surface area contributed by atoms with Gasteiger partial charge in [-0.2, -0.15) is 0 Å². The molecule has 0 aliphatic carbocycles. The van der Waals surface area contributed by atoms with E-state index in [1.165, 1.54) is 12.1 Å². The summed E-state index contributed by atoms with van der Waals surface area (Å²) in [4.78, 5) is 14.8. The first-order chi connectivity index (χ1) is 8.61. The Morgan fingerprint density at radius 1 is 1.56 bits per heavy atom. The van der Waals surface area contributed by atoms with Crippen LogP contribution in [-0.4, -0.2) is 30.6 Å². The number of ether oxygens (including phenoxy) is 1. The highest BCUT2D eigenvalue weighted by atomic mass is 19.1. The molecular weight excluding hydrogens is 235 g/mol. The number of aromatic nitrogens is 1. The van der Waals surface area contributed by atoms with Gasteiger partial charge in [0.15, 0.2) is 0 Å². The molecule has 1 heterocycles. The van der Waals surface area contributed by atoms with Crippen molar-refractivity contribution in [3.05, 3.63) is 35.8 Å². The van der Waals surface area contributed by atoms with Crippen LogP contribution in [0.2, 0.25) is 0 Å². The summed E-state index contributed by atoms with van der Waals surface area (Å²) < 4.78 is 18.4. The van der Waals surface area contributed by atoms with Crippen molar-refractivity contribution in [1.82, 2.24) is 10.3 Å². The second kappa shape index (κ2) is 5.18. The molecule has 1 amide bonds. The third-order valence-electron chi connectivity index (χ3n) is 2.65. The third-order valence-corrected chi connectivity index (χ3v) is 2.65. The molecule has 0 aliphatic heterocycles. The van der Waals surface area contributed by atoms with Crippen LogP contribution >= 0.6 is 0 Å². The zero-order chi connectivity index (χ0) is 13.1. The number of hydrogen-bond acceptors (Lipinski definition) is 2. The monoisotopic (exact) mass is 250 g/mol. The highest BCUT2D eigenvalue weighted by Gasteiger charge is 2.13. The number of rotatable bonds is 4. The first-order valence-corrected chi connectivity index (χ1v) is 5.69. The third kappa shape index (κ3) is 2.51. The molecule has 0 aliphatic rings. The number of fused-ring (bicyclic) bond motifs is 1. The molecule has 0 radical (unpaired) electrons. The fourth-order valence-corrected chi connectivity index (χ4v) is 1.83. The van der Waals surface area contributed by atoms with E-state index in [2.05, 4.69) is 10.3 Å². The van der Waals surface area contributed by atoms with Gasteiger partial charge in [-0.05, 0) is 25.1 Å². The molecule has 1 unspecified atom stereocenters. The van der Waals surface area contributed by atoms with Crippen LogP contribution in [-0.2, 0) is 4.74 Å². The Kier molecular flexibility index (Phi) is 3.62. The fraction of sp³-hybridized carbons (Fsp3) is 0.308. The lowest BCUT2D eigenvalue weighted by molar-refractivity contribution is 0.0901. The van der Waals surface area contributed by atoms with E-state index < -0.39 is 0 Å². The summed E-state index contributed by atoms with van der Waals surface area (Å²) in [5, 5.41) is 3.18. The lowest BCUT2D eigenvalue weighted by atomic mass is 10.2.